The summed E-state index contributed by atoms with van der Waals surface area (Å²) in [6, 6.07) is -1.92. The van der Waals surface area contributed by atoms with Gasteiger partial charge in [-0.2, -0.15) is 0 Å². The average Bonchev–Trinajstić information content (AvgIpc) is 2.13. The highest BCUT2D eigenvalue weighted by Crippen LogP contribution is 1.94. The van der Waals surface area contributed by atoms with Gasteiger partial charge < -0.3 is 22.3 Å². The smallest absolute Gasteiger partial charge is 0.320 e. The number of nitrogens with two attached hydrogens (primary N) is 3. The van der Waals surface area contributed by atoms with Crippen LogP contribution >= 0.6 is 0 Å². The van der Waals surface area contributed by atoms with E-state index in [1.54, 1.807) is 0 Å². The van der Waals surface area contributed by atoms with Crippen molar-refractivity contribution in [1.82, 2.24) is 0 Å². The molecule has 0 aliphatic carbocycles. The minimum Gasteiger partial charge on any atom is -0.480 e. The van der Waals surface area contributed by atoms with Crippen molar-refractivity contribution in [2.24, 2.45) is 22.2 Å². The van der Waals surface area contributed by atoms with E-state index in [0.29, 0.717) is 0 Å². The maximum atomic E-state index is 10.5. The van der Waals surface area contributed by atoms with Gasteiger partial charge in [0, 0.05) is 10.6 Å². The summed E-state index contributed by atoms with van der Waals surface area (Å²) in [5.41, 5.74) is 15.0. The molecule has 3 atom stereocenters. The highest BCUT2D eigenvalue weighted by atomic mass is 16.5. The highest BCUT2D eigenvalue weighted by Gasteiger charge is 2.09. The summed E-state index contributed by atoms with van der Waals surface area (Å²) in [7, 11) is 0. The molecule has 6 heteroatoms. The summed E-state index contributed by atoms with van der Waals surface area (Å²) in [6.45, 7) is -1.63. The van der Waals surface area contributed by atoms with Gasteiger partial charge in [0.25, 0.3) is 0 Å². The maximum absolute atomic E-state index is 10.5. The van der Waals surface area contributed by atoms with Crippen LogP contribution in [0.5, 0.6) is 0 Å². The largest absolute Gasteiger partial charge is 0.480 e. The first-order valence-corrected chi connectivity index (χ1v) is 3.02. The third-order valence-electron chi connectivity index (χ3n) is 0.840. The Morgan fingerprint density at radius 1 is 1.67 bits per heavy atom. The molecule has 0 aromatic carbocycles. The molecule has 0 bridgehead atoms. The summed E-state index contributed by atoms with van der Waals surface area (Å²) in [4.78, 5) is 13.7. The zero-order valence-corrected chi connectivity index (χ0v) is 6.27. The van der Waals surface area contributed by atoms with E-state index in [0.717, 1.165) is 0 Å². The van der Waals surface area contributed by atoms with Gasteiger partial charge in [0.1, 0.15) is 6.04 Å². The van der Waals surface area contributed by atoms with Crippen LogP contribution in [-0.2, 0) is 4.79 Å². The number of hydrogen-bond acceptors (Lipinski definition) is 3. The highest BCUT2D eigenvalue weighted by molar-refractivity contribution is 5.75. The second-order valence-electron chi connectivity index (χ2n) is 1.85. The number of hydrogen-bond donors (Lipinski definition) is 4. The first-order chi connectivity index (χ1) is 7.10. The van der Waals surface area contributed by atoms with E-state index in [9.17, 15) is 4.79 Å². The molecule has 0 aromatic rings. The van der Waals surface area contributed by atoms with Gasteiger partial charge in [0.05, 0.1) is 1.37 Å². The van der Waals surface area contributed by atoms with Crippen molar-refractivity contribution >= 4 is 11.9 Å². The van der Waals surface area contributed by atoms with E-state index in [4.69, 9.17) is 27.8 Å². The van der Waals surface area contributed by atoms with E-state index in [2.05, 4.69) is 4.99 Å². The molecule has 0 aromatic heterocycles. The second-order valence-corrected chi connectivity index (χ2v) is 1.85. The van der Waals surface area contributed by atoms with E-state index in [1.165, 1.54) is 0 Å². The van der Waals surface area contributed by atoms with Gasteiger partial charge in [0.15, 0.2) is 5.96 Å². The number of carboxylic acid groups (broad SMARTS) is 1. The lowest BCUT2D eigenvalue weighted by atomic mass is 11.1. The Kier molecular flexibility index (Phi) is 2.40. The third kappa shape index (κ3) is 5.48. The summed E-state index contributed by atoms with van der Waals surface area (Å²) in [5.74, 6) is -2.07. The standard InChI is InChI=1S/C6H14N4O2/c7-4(5(11)12)2-1-3-10-6(8)9/h4H,1-3,7H2,(H,11,12)(H4,8,9,10)/t4-/m0/s1/i1+1D,2+1D2,3+1D,4+1,5+1,7+1,10+1/t1?,3?,4-. The minimum absolute atomic E-state index is 0.475. The van der Waals surface area contributed by atoms with Gasteiger partial charge in [-0.1, -0.05) is 0 Å². The Bertz CT molecular complexity index is 294. The van der Waals surface area contributed by atoms with Crippen molar-refractivity contribution in [3.8, 4) is 0 Å². The molecule has 0 aliphatic heterocycles. The molecule has 0 amide bonds. The van der Waals surface area contributed by atoms with Crippen LogP contribution in [-0.4, -0.2) is 29.6 Å². The molecule has 0 saturated carbocycles. The quantitative estimate of drug-likeness (QED) is 0.178. The molecule has 0 fully saturated rings. The van der Waals surface area contributed by atoms with E-state index < -0.39 is 37.3 Å². The van der Waals surface area contributed by atoms with E-state index in [1.807, 2.05) is 0 Å². The van der Waals surface area contributed by atoms with E-state index in [-0.39, 0.29) is 0 Å². The van der Waals surface area contributed by atoms with Crippen molar-refractivity contribution in [2.75, 3.05) is 6.52 Å². The number of carboxylic acids is 1. The lowest BCUT2D eigenvalue weighted by Gasteiger charge is -2.03. The Labute approximate surface area is 76.1 Å². The molecule has 0 aliphatic rings. The first kappa shape index (κ1) is 5.36. The molecule has 0 saturated heterocycles. The van der Waals surface area contributed by atoms with Gasteiger partial charge in [-0.15, -0.1) is 0 Å². The number of nitrogens with zero attached hydrogens (tertiary/aromatic N) is 1. The number of carbonyl (C=O) groups is 1. The molecule has 12 heavy (non-hydrogen) atoms. The molecule has 0 heterocycles. The van der Waals surface area contributed by atoms with Crippen molar-refractivity contribution < 1.29 is 15.4 Å². The van der Waals surface area contributed by atoms with Crippen molar-refractivity contribution in [3.05, 3.63) is 0 Å². The molecule has 0 rings (SSSR count). The van der Waals surface area contributed by atoms with Crippen LogP contribution in [0.3, 0.4) is 0 Å². The van der Waals surface area contributed by atoms with Gasteiger partial charge in [-0.05, 0) is 12.8 Å². The normalized spacial score (nSPS) is 23.4. The monoisotopic (exact) mass is 185 g/mol. The van der Waals surface area contributed by atoms with Crippen LogP contribution in [0.25, 0.3) is 0 Å². The zero-order chi connectivity index (χ0) is 13.1. The summed E-state index contributed by atoms with van der Waals surface area (Å²) >= 11 is 0. The molecule has 0 spiro atoms. The first-order valence-electron chi connectivity index (χ1n) is 5.17. The zero-order valence-electron chi connectivity index (χ0n) is 10.3. The van der Waals surface area contributed by atoms with Gasteiger partial charge in [-0.25, -0.2) is 0 Å². The molecule has 70 valence electrons. The van der Waals surface area contributed by atoms with Gasteiger partial charge in [0.2, 0.25) is 0 Å². The average molecular weight is 185 g/mol. The number of rotatable bonds is 5. The maximum Gasteiger partial charge on any atom is 0.320 e. The van der Waals surface area contributed by atoms with Gasteiger partial charge in [-0.3, -0.25) is 9.79 Å². The molecular formula is C6H14N4O2. The lowest BCUT2D eigenvalue weighted by molar-refractivity contribution is -0.138. The van der Waals surface area contributed by atoms with Crippen LogP contribution in [0.15, 0.2) is 4.99 Å². The molecule has 0 radical (unpaired) electrons. The van der Waals surface area contributed by atoms with Crippen molar-refractivity contribution in [3.63, 3.8) is 0 Å². The summed E-state index contributed by atoms with van der Waals surface area (Å²) < 4.78 is 29.3. The summed E-state index contributed by atoms with van der Waals surface area (Å²) in [6.07, 6.45) is -4.42. The SMILES string of the molecule is [2H][13CH]([15N]=C(N)N)[13CH]([2H])[13C]([2H])([2H])[13C@H]([15NH2])[13C](=O)O. The lowest BCUT2D eigenvalue weighted by Crippen LogP contribution is -2.30. The number of aliphatic imine (C=N–C) groups is 1. The fraction of sp³-hybridized carbons (Fsp3) is 0.667. The molecule has 2 unspecified atom stereocenters. The van der Waals surface area contributed by atoms with E-state index >= 15 is 0 Å². The Morgan fingerprint density at radius 2 is 2.25 bits per heavy atom. The number of guanidine groups is 1. The van der Waals surface area contributed by atoms with Crippen LogP contribution in [0.2, 0.25) is 0 Å². The number of aliphatic carboxylic acids is 1. The van der Waals surface area contributed by atoms with Crippen LogP contribution in [0.4, 0.5) is 0 Å². The molecular weight excluding hydrogens is 167 g/mol. The topological polar surface area (TPSA) is 128 Å². The Hall–Kier alpha value is -1.30. The van der Waals surface area contributed by atoms with Crippen LogP contribution in [0.1, 0.15) is 18.3 Å². The van der Waals surface area contributed by atoms with Gasteiger partial charge >= 0.3 is 5.97 Å². The predicted octanol–water partition coefficient (Wildman–Crippen LogP) is -1.55. The molecule has 7 N–H and O–H groups in total. The Balaban J connectivity index is 4.88. The van der Waals surface area contributed by atoms with Crippen molar-refractivity contribution in [2.45, 2.75) is 18.8 Å². The summed E-state index contributed by atoms with van der Waals surface area (Å²) in [5, 5.41) is 8.54. The third-order valence-corrected chi connectivity index (χ3v) is 0.840. The van der Waals surface area contributed by atoms with Crippen LogP contribution in [0, 0.1) is 0 Å². The predicted molar refractivity (Wildman–Crippen MR) is 45.5 cm³/mol. The van der Waals surface area contributed by atoms with Crippen molar-refractivity contribution in [1.29, 1.82) is 0 Å². The Morgan fingerprint density at radius 3 is 2.67 bits per heavy atom. The fourth-order valence-corrected chi connectivity index (χ4v) is 0.341. The molecule has 6 nitrogen and oxygen atoms in total. The second kappa shape index (κ2) is 5.36. The fourth-order valence-electron chi connectivity index (χ4n) is 0.341. The van der Waals surface area contributed by atoms with Crippen LogP contribution < -0.4 is 17.2 Å². The minimum atomic E-state index is -2.61.